The molecule has 0 bridgehead atoms. The molecule has 5 heteroatoms. The van der Waals surface area contributed by atoms with Crippen LogP contribution in [0, 0.1) is 14.9 Å². The molecule has 0 aliphatic rings. The molecule has 1 heterocycles. The number of fused-ring (bicyclic) bond motifs is 1. The number of hydrogen-bond donors (Lipinski definition) is 2. The molecule has 2 N–H and O–H groups in total. The van der Waals surface area contributed by atoms with Crippen molar-refractivity contribution >= 4 is 45.0 Å². The second kappa shape index (κ2) is 5.58. The normalized spacial score (nSPS) is 12.0. The smallest absolute Gasteiger partial charge is 0.153 e. The van der Waals surface area contributed by atoms with E-state index in [0.717, 1.165) is 14.6 Å². The molecule has 102 valence electrons. The second-order valence-electron chi connectivity index (χ2n) is 4.44. The van der Waals surface area contributed by atoms with Gasteiger partial charge in [-0.3, -0.25) is 0 Å². The summed E-state index contributed by atoms with van der Waals surface area (Å²) in [6.45, 7) is 0. The Morgan fingerprint density at radius 3 is 2.52 bits per heavy atom. The van der Waals surface area contributed by atoms with Crippen LogP contribution in [0.4, 0.5) is 0 Å². The Hall–Kier alpha value is -2.33. The number of para-hydroxylation sites is 2. The summed E-state index contributed by atoms with van der Waals surface area (Å²) in [5.41, 5.74) is 2.31. The molecule has 0 fully saturated rings. The number of aromatic nitrogens is 2. The van der Waals surface area contributed by atoms with Gasteiger partial charge >= 0.3 is 0 Å². The Kier molecular flexibility index (Phi) is 3.62. The fraction of sp³-hybridized carbons (Fsp3) is 0. The molecule has 0 aliphatic carbocycles. The third-order valence-corrected chi connectivity index (χ3v) is 3.81. The average molecular weight is 387 g/mol. The number of imidazole rings is 1. The van der Waals surface area contributed by atoms with Gasteiger partial charge in [0.05, 0.1) is 11.0 Å². The van der Waals surface area contributed by atoms with Crippen LogP contribution in [0.2, 0.25) is 0 Å². The first-order valence-corrected chi connectivity index (χ1v) is 7.31. The van der Waals surface area contributed by atoms with E-state index in [1.807, 2.05) is 42.5 Å². The lowest BCUT2D eigenvalue weighted by molar-refractivity contribution is 0.514. The van der Waals surface area contributed by atoms with Crippen LogP contribution in [-0.4, -0.2) is 15.1 Å². The highest BCUT2D eigenvalue weighted by atomic mass is 127. The van der Waals surface area contributed by atoms with Crippen molar-refractivity contribution in [1.29, 1.82) is 5.26 Å². The minimum Gasteiger partial charge on any atom is -0.506 e. The highest BCUT2D eigenvalue weighted by Gasteiger charge is 2.14. The molecular weight excluding hydrogens is 377 g/mol. The van der Waals surface area contributed by atoms with Gasteiger partial charge < -0.3 is 10.1 Å². The number of rotatable bonds is 2. The zero-order chi connectivity index (χ0) is 14.8. The predicted octanol–water partition coefficient (Wildman–Crippen LogP) is 4.12. The van der Waals surface area contributed by atoms with Crippen LogP contribution in [0.15, 0.2) is 48.5 Å². The van der Waals surface area contributed by atoms with Gasteiger partial charge in [-0.2, -0.15) is 5.26 Å². The van der Waals surface area contributed by atoms with E-state index in [0.29, 0.717) is 11.4 Å². The number of benzene rings is 2. The van der Waals surface area contributed by atoms with E-state index < -0.39 is 0 Å². The van der Waals surface area contributed by atoms with Crippen molar-refractivity contribution < 1.29 is 5.11 Å². The molecule has 3 rings (SSSR count). The standard InChI is InChI=1S/C16H10IN3O/c17-11-7-5-10(6-8-11)15(21)12(9-18)16-19-13-3-1-2-4-14(13)20-16/h1-8,21H,(H,19,20). The van der Waals surface area contributed by atoms with Gasteiger partial charge in [0.15, 0.2) is 5.82 Å². The van der Waals surface area contributed by atoms with Crippen LogP contribution in [0.25, 0.3) is 22.4 Å². The maximum Gasteiger partial charge on any atom is 0.153 e. The molecule has 21 heavy (non-hydrogen) atoms. The first kappa shape index (κ1) is 13.6. The van der Waals surface area contributed by atoms with Crippen molar-refractivity contribution in [3.63, 3.8) is 0 Å². The first-order chi connectivity index (χ1) is 10.2. The quantitative estimate of drug-likeness (QED) is 0.395. The van der Waals surface area contributed by atoms with E-state index in [1.165, 1.54) is 0 Å². The fourth-order valence-electron chi connectivity index (χ4n) is 2.04. The molecule has 0 unspecified atom stereocenters. The Labute approximate surface area is 134 Å². The molecule has 1 aromatic heterocycles. The average Bonchev–Trinajstić information content (AvgIpc) is 2.92. The Bertz CT molecular complexity index is 839. The summed E-state index contributed by atoms with van der Waals surface area (Å²) >= 11 is 2.19. The number of allylic oxidation sites excluding steroid dienone is 1. The molecule has 3 aromatic rings. The molecule has 0 amide bonds. The van der Waals surface area contributed by atoms with Crippen LogP contribution < -0.4 is 0 Å². The summed E-state index contributed by atoms with van der Waals surface area (Å²) in [6.07, 6.45) is 0. The lowest BCUT2D eigenvalue weighted by Gasteiger charge is -2.02. The summed E-state index contributed by atoms with van der Waals surface area (Å²) < 4.78 is 1.06. The number of aliphatic hydroxyl groups is 1. The Morgan fingerprint density at radius 1 is 1.14 bits per heavy atom. The van der Waals surface area contributed by atoms with Crippen LogP contribution in [0.1, 0.15) is 11.4 Å². The maximum atomic E-state index is 10.3. The van der Waals surface area contributed by atoms with Crippen molar-refractivity contribution in [1.82, 2.24) is 9.97 Å². The van der Waals surface area contributed by atoms with Crippen molar-refractivity contribution in [2.24, 2.45) is 0 Å². The van der Waals surface area contributed by atoms with Gasteiger partial charge in [0, 0.05) is 9.13 Å². The molecule has 0 radical (unpaired) electrons. The van der Waals surface area contributed by atoms with Crippen LogP contribution in [-0.2, 0) is 0 Å². The van der Waals surface area contributed by atoms with Gasteiger partial charge in [0.25, 0.3) is 0 Å². The molecule has 0 spiro atoms. The van der Waals surface area contributed by atoms with Gasteiger partial charge in [-0.25, -0.2) is 4.98 Å². The number of nitrogens with zero attached hydrogens (tertiary/aromatic N) is 2. The van der Waals surface area contributed by atoms with E-state index in [-0.39, 0.29) is 11.3 Å². The van der Waals surface area contributed by atoms with Crippen LogP contribution >= 0.6 is 22.6 Å². The number of aliphatic hydroxyl groups excluding tert-OH is 1. The molecule has 0 aliphatic heterocycles. The van der Waals surface area contributed by atoms with Crippen LogP contribution in [0.3, 0.4) is 0 Å². The minimum absolute atomic E-state index is 0.0760. The summed E-state index contributed by atoms with van der Waals surface area (Å²) in [6, 6.07) is 16.8. The number of nitrogens with one attached hydrogen (secondary N) is 1. The zero-order valence-electron chi connectivity index (χ0n) is 10.8. The first-order valence-electron chi connectivity index (χ1n) is 6.23. The number of hydrogen-bond acceptors (Lipinski definition) is 3. The SMILES string of the molecule is N#CC(=C(O)c1ccc(I)cc1)c1nc2ccccc2[nH]1. The summed E-state index contributed by atoms with van der Waals surface area (Å²) in [7, 11) is 0. The monoisotopic (exact) mass is 387 g/mol. The summed E-state index contributed by atoms with van der Waals surface area (Å²) in [5.74, 6) is 0.294. The van der Waals surface area contributed by atoms with Crippen molar-refractivity contribution in [2.75, 3.05) is 0 Å². The van der Waals surface area contributed by atoms with Gasteiger partial charge in [-0.1, -0.05) is 24.3 Å². The third-order valence-electron chi connectivity index (χ3n) is 3.09. The van der Waals surface area contributed by atoms with Crippen molar-refractivity contribution in [3.05, 3.63) is 63.5 Å². The highest BCUT2D eigenvalue weighted by molar-refractivity contribution is 14.1. The third kappa shape index (κ3) is 2.62. The summed E-state index contributed by atoms with van der Waals surface area (Å²) in [4.78, 5) is 7.41. The predicted molar refractivity (Wildman–Crippen MR) is 90.3 cm³/mol. The maximum absolute atomic E-state index is 10.3. The molecular formula is C16H10IN3O. The number of halogens is 1. The van der Waals surface area contributed by atoms with E-state index in [9.17, 15) is 10.4 Å². The molecule has 4 nitrogen and oxygen atoms in total. The topological polar surface area (TPSA) is 72.7 Å². The molecule has 0 saturated carbocycles. The molecule has 0 saturated heterocycles. The number of nitriles is 1. The lowest BCUT2D eigenvalue weighted by Crippen LogP contribution is -1.92. The van der Waals surface area contributed by atoms with Gasteiger partial charge in [0.1, 0.15) is 17.4 Å². The largest absolute Gasteiger partial charge is 0.506 e. The van der Waals surface area contributed by atoms with Gasteiger partial charge in [-0.05, 0) is 46.9 Å². The van der Waals surface area contributed by atoms with Crippen molar-refractivity contribution in [3.8, 4) is 6.07 Å². The molecule has 0 atom stereocenters. The molecule has 2 aromatic carbocycles. The zero-order valence-corrected chi connectivity index (χ0v) is 13.0. The number of aromatic amines is 1. The van der Waals surface area contributed by atoms with Crippen LogP contribution in [0.5, 0.6) is 0 Å². The second-order valence-corrected chi connectivity index (χ2v) is 5.69. The minimum atomic E-state index is -0.0760. The van der Waals surface area contributed by atoms with E-state index in [4.69, 9.17) is 0 Å². The summed E-state index contributed by atoms with van der Waals surface area (Å²) in [5, 5.41) is 19.7. The highest BCUT2D eigenvalue weighted by Crippen LogP contribution is 2.24. The Balaban J connectivity index is 2.14. The van der Waals surface area contributed by atoms with E-state index in [2.05, 4.69) is 32.6 Å². The fourth-order valence-corrected chi connectivity index (χ4v) is 2.40. The van der Waals surface area contributed by atoms with Gasteiger partial charge in [0.2, 0.25) is 0 Å². The van der Waals surface area contributed by atoms with E-state index in [1.54, 1.807) is 12.1 Å². The Morgan fingerprint density at radius 2 is 1.86 bits per heavy atom. The number of H-pyrrole nitrogens is 1. The van der Waals surface area contributed by atoms with Gasteiger partial charge in [-0.15, -0.1) is 0 Å². The lowest BCUT2D eigenvalue weighted by atomic mass is 10.1. The van der Waals surface area contributed by atoms with E-state index >= 15 is 0 Å². The van der Waals surface area contributed by atoms with Crippen molar-refractivity contribution in [2.45, 2.75) is 0 Å².